The molecule has 1 saturated heterocycles. The van der Waals surface area contributed by atoms with Gasteiger partial charge in [0, 0.05) is 17.9 Å². The lowest BCUT2D eigenvalue weighted by molar-refractivity contribution is 0.0315. The first kappa shape index (κ1) is 14.6. The van der Waals surface area contributed by atoms with Gasteiger partial charge < -0.3 is 4.74 Å². The summed E-state index contributed by atoms with van der Waals surface area (Å²) in [5.41, 5.74) is 2.42. The third-order valence-corrected chi connectivity index (χ3v) is 4.75. The van der Waals surface area contributed by atoms with Gasteiger partial charge in [-0.15, -0.1) is 5.10 Å². The molecule has 0 radical (unpaired) electrons. The summed E-state index contributed by atoms with van der Waals surface area (Å²) in [6, 6.07) is 8.47. The SMILES string of the molecule is CCc1ccc(-c2nc(SCC3CCCCO3)n[nH]2)cc1. The van der Waals surface area contributed by atoms with E-state index in [-0.39, 0.29) is 0 Å². The van der Waals surface area contributed by atoms with Gasteiger partial charge >= 0.3 is 0 Å². The van der Waals surface area contributed by atoms with E-state index in [4.69, 9.17) is 4.74 Å². The summed E-state index contributed by atoms with van der Waals surface area (Å²) >= 11 is 1.67. The van der Waals surface area contributed by atoms with E-state index >= 15 is 0 Å². The van der Waals surface area contributed by atoms with Crippen LogP contribution < -0.4 is 0 Å². The molecule has 21 heavy (non-hydrogen) atoms. The van der Waals surface area contributed by atoms with E-state index in [0.717, 1.165) is 41.7 Å². The fourth-order valence-electron chi connectivity index (χ4n) is 2.44. The van der Waals surface area contributed by atoms with Crippen LogP contribution in [-0.4, -0.2) is 33.6 Å². The van der Waals surface area contributed by atoms with Crippen molar-refractivity contribution in [3.8, 4) is 11.4 Å². The van der Waals surface area contributed by atoms with Crippen molar-refractivity contribution < 1.29 is 4.74 Å². The van der Waals surface area contributed by atoms with Crippen LogP contribution in [0.25, 0.3) is 11.4 Å². The van der Waals surface area contributed by atoms with Crippen LogP contribution in [0.4, 0.5) is 0 Å². The van der Waals surface area contributed by atoms with Crippen molar-refractivity contribution in [2.45, 2.75) is 43.9 Å². The number of nitrogens with zero attached hydrogens (tertiary/aromatic N) is 2. The zero-order chi connectivity index (χ0) is 14.5. The van der Waals surface area contributed by atoms with Gasteiger partial charge in [0.05, 0.1) is 6.10 Å². The van der Waals surface area contributed by atoms with Crippen LogP contribution in [0.2, 0.25) is 0 Å². The number of rotatable bonds is 5. The standard InChI is InChI=1S/C16H21N3OS/c1-2-12-6-8-13(9-7-12)15-17-16(19-18-15)21-11-14-5-3-4-10-20-14/h6-9,14H,2-5,10-11H2,1H3,(H,17,18,19). The number of aromatic nitrogens is 3. The van der Waals surface area contributed by atoms with Gasteiger partial charge in [-0.2, -0.15) is 0 Å². The number of thioether (sulfide) groups is 1. The fraction of sp³-hybridized carbons (Fsp3) is 0.500. The molecule has 1 N–H and O–H groups in total. The third kappa shape index (κ3) is 3.86. The second-order valence-corrected chi connectivity index (χ2v) is 6.30. The second kappa shape index (κ2) is 7.09. The van der Waals surface area contributed by atoms with Crippen LogP contribution >= 0.6 is 11.8 Å². The Kier molecular flexibility index (Phi) is 4.93. The van der Waals surface area contributed by atoms with Gasteiger partial charge in [-0.1, -0.05) is 43.0 Å². The van der Waals surface area contributed by atoms with Gasteiger partial charge in [0.1, 0.15) is 0 Å². The first-order valence-electron chi connectivity index (χ1n) is 7.61. The summed E-state index contributed by atoms with van der Waals surface area (Å²) in [5.74, 6) is 1.77. The Morgan fingerprint density at radius 2 is 2.14 bits per heavy atom. The van der Waals surface area contributed by atoms with Crippen LogP contribution in [0, 0.1) is 0 Å². The molecule has 0 saturated carbocycles. The van der Waals surface area contributed by atoms with Crippen LogP contribution in [0.15, 0.2) is 29.4 Å². The molecule has 4 nitrogen and oxygen atoms in total. The number of aromatic amines is 1. The van der Waals surface area contributed by atoms with Crippen molar-refractivity contribution >= 4 is 11.8 Å². The van der Waals surface area contributed by atoms with Gasteiger partial charge in [0.25, 0.3) is 0 Å². The minimum atomic E-state index is 0.356. The predicted molar refractivity (Wildman–Crippen MR) is 85.5 cm³/mol. The van der Waals surface area contributed by atoms with Crippen LogP contribution in [-0.2, 0) is 11.2 Å². The predicted octanol–water partition coefficient (Wildman–Crippen LogP) is 3.70. The van der Waals surface area contributed by atoms with Gasteiger partial charge in [-0.05, 0) is 31.2 Å². The Hall–Kier alpha value is -1.33. The monoisotopic (exact) mass is 303 g/mol. The molecule has 2 heterocycles. The molecule has 1 aromatic carbocycles. The number of ether oxygens (including phenoxy) is 1. The summed E-state index contributed by atoms with van der Waals surface area (Å²) in [5, 5.41) is 8.12. The van der Waals surface area contributed by atoms with Crippen molar-refractivity contribution in [1.29, 1.82) is 0 Å². The van der Waals surface area contributed by atoms with Crippen molar-refractivity contribution in [2.24, 2.45) is 0 Å². The maximum Gasteiger partial charge on any atom is 0.208 e. The molecule has 0 bridgehead atoms. The fourth-order valence-corrected chi connectivity index (χ4v) is 3.31. The van der Waals surface area contributed by atoms with Crippen molar-refractivity contribution in [3.63, 3.8) is 0 Å². The number of hydrogen-bond acceptors (Lipinski definition) is 4. The van der Waals surface area contributed by atoms with E-state index in [1.54, 1.807) is 11.8 Å². The molecular formula is C16H21N3OS. The van der Waals surface area contributed by atoms with Crippen LogP contribution in [0.5, 0.6) is 0 Å². The molecular weight excluding hydrogens is 282 g/mol. The average Bonchev–Trinajstić information content (AvgIpc) is 3.03. The molecule has 3 rings (SSSR count). The molecule has 0 spiro atoms. The molecule has 1 atom stereocenters. The van der Waals surface area contributed by atoms with Crippen molar-refractivity contribution in [1.82, 2.24) is 15.2 Å². The van der Waals surface area contributed by atoms with Gasteiger partial charge in [-0.25, -0.2) is 4.98 Å². The molecule has 5 heteroatoms. The summed E-state index contributed by atoms with van der Waals surface area (Å²) in [7, 11) is 0. The Morgan fingerprint density at radius 1 is 1.29 bits per heavy atom. The lowest BCUT2D eigenvalue weighted by Gasteiger charge is -2.21. The number of benzene rings is 1. The molecule has 1 unspecified atom stereocenters. The highest BCUT2D eigenvalue weighted by atomic mass is 32.2. The van der Waals surface area contributed by atoms with E-state index in [2.05, 4.69) is 46.4 Å². The third-order valence-electron chi connectivity index (χ3n) is 3.77. The summed E-state index contributed by atoms with van der Waals surface area (Å²) < 4.78 is 5.73. The summed E-state index contributed by atoms with van der Waals surface area (Å²) in [4.78, 5) is 4.56. The van der Waals surface area contributed by atoms with E-state index in [0.29, 0.717) is 6.10 Å². The van der Waals surface area contributed by atoms with Gasteiger partial charge in [-0.3, -0.25) is 5.10 Å². The van der Waals surface area contributed by atoms with Crippen molar-refractivity contribution in [3.05, 3.63) is 29.8 Å². The number of hydrogen-bond donors (Lipinski definition) is 1. The molecule has 0 aliphatic carbocycles. The summed E-state index contributed by atoms with van der Waals surface area (Å²) in [6.45, 7) is 3.06. The zero-order valence-electron chi connectivity index (χ0n) is 12.3. The van der Waals surface area contributed by atoms with Crippen LogP contribution in [0.1, 0.15) is 31.7 Å². The largest absolute Gasteiger partial charge is 0.377 e. The topological polar surface area (TPSA) is 50.8 Å². The molecule has 1 aliphatic heterocycles. The number of H-pyrrole nitrogens is 1. The average molecular weight is 303 g/mol. The minimum Gasteiger partial charge on any atom is -0.377 e. The molecule has 1 fully saturated rings. The second-order valence-electron chi connectivity index (χ2n) is 5.32. The van der Waals surface area contributed by atoms with E-state index in [9.17, 15) is 0 Å². The number of nitrogens with one attached hydrogen (secondary N) is 1. The Morgan fingerprint density at radius 3 is 2.86 bits per heavy atom. The Labute approximate surface area is 129 Å². The highest BCUT2D eigenvalue weighted by molar-refractivity contribution is 7.99. The first-order valence-corrected chi connectivity index (χ1v) is 8.60. The first-order chi connectivity index (χ1) is 10.3. The van der Waals surface area contributed by atoms with E-state index < -0.39 is 0 Å². The van der Waals surface area contributed by atoms with Crippen molar-refractivity contribution in [2.75, 3.05) is 12.4 Å². The zero-order valence-corrected chi connectivity index (χ0v) is 13.2. The maximum absolute atomic E-state index is 5.73. The Balaban J connectivity index is 1.59. The lowest BCUT2D eigenvalue weighted by atomic mass is 10.1. The molecule has 1 aromatic heterocycles. The quantitative estimate of drug-likeness (QED) is 0.856. The highest BCUT2D eigenvalue weighted by Gasteiger charge is 2.15. The maximum atomic E-state index is 5.73. The minimum absolute atomic E-state index is 0.356. The van der Waals surface area contributed by atoms with Gasteiger partial charge in [0.2, 0.25) is 5.16 Å². The van der Waals surface area contributed by atoms with E-state index in [1.807, 2.05) is 0 Å². The molecule has 112 valence electrons. The lowest BCUT2D eigenvalue weighted by Crippen LogP contribution is -2.21. The van der Waals surface area contributed by atoms with Crippen LogP contribution in [0.3, 0.4) is 0 Å². The van der Waals surface area contributed by atoms with E-state index in [1.165, 1.54) is 18.4 Å². The normalized spacial score (nSPS) is 18.8. The molecule has 1 aliphatic rings. The summed E-state index contributed by atoms with van der Waals surface area (Å²) in [6.07, 6.45) is 5.03. The molecule has 2 aromatic rings. The number of aryl methyl sites for hydroxylation is 1. The smallest absolute Gasteiger partial charge is 0.208 e. The Bertz CT molecular complexity index is 561. The molecule has 0 amide bonds. The van der Waals surface area contributed by atoms with Gasteiger partial charge in [0.15, 0.2) is 5.82 Å². The highest BCUT2D eigenvalue weighted by Crippen LogP contribution is 2.23.